The first kappa shape index (κ1) is 22.3. The maximum absolute atomic E-state index is 14.8. The maximum Gasteiger partial charge on any atom is 0.417 e. The zero-order valence-electron chi connectivity index (χ0n) is 18.1. The van der Waals surface area contributed by atoms with E-state index in [9.17, 15) is 22.4 Å². The molecule has 0 saturated heterocycles. The first-order valence-electron chi connectivity index (χ1n) is 10.3. The zero-order valence-corrected chi connectivity index (χ0v) is 18.1. The highest BCUT2D eigenvalue weighted by molar-refractivity contribution is 6.07. The van der Waals surface area contributed by atoms with E-state index in [1.165, 1.54) is 36.5 Å². The van der Waals surface area contributed by atoms with Gasteiger partial charge in [-0.3, -0.25) is 13.9 Å². The van der Waals surface area contributed by atoms with E-state index in [2.05, 4.69) is 20.4 Å². The Kier molecular flexibility index (Phi) is 5.31. The van der Waals surface area contributed by atoms with Crippen molar-refractivity contribution in [2.24, 2.45) is 7.05 Å². The van der Waals surface area contributed by atoms with E-state index in [1.54, 1.807) is 34.9 Å². The SMILES string of the molecule is Cn1ccc(-c2cc(C(=O)Nc3cn4cncc4nc3-c3ccccc3)c(F)cc2C(F)(F)F)n1. The number of halogens is 4. The Labute approximate surface area is 195 Å². The minimum Gasteiger partial charge on any atom is -0.319 e. The van der Waals surface area contributed by atoms with E-state index in [-0.39, 0.29) is 11.4 Å². The number of fused-ring (bicyclic) bond motifs is 1. The highest BCUT2D eigenvalue weighted by atomic mass is 19.4. The molecule has 3 aromatic heterocycles. The van der Waals surface area contributed by atoms with Crippen molar-refractivity contribution in [3.8, 4) is 22.5 Å². The first-order chi connectivity index (χ1) is 16.7. The fourth-order valence-corrected chi connectivity index (χ4v) is 3.71. The van der Waals surface area contributed by atoms with Gasteiger partial charge in [-0.15, -0.1) is 0 Å². The molecule has 35 heavy (non-hydrogen) atoms. The van der Waals surface area contributed by atoms with Crippen LogP contribution in [0.3, 0.4) is 0 Å². The second-order valence-corrected chi connectivity index (χ2v) is 7.73. The third-order valence-corrected chi connectivity index (χ3v) is 5.34. The van der Waals surface area contributed by atoms with Gasteiger partial charge in [-0.1, -0.05) is 30.3 Å². The van der Waals surface area contributed by atoms with Gasteiger partial charge >= 0.3 is 6.18 Å². The zero-order chi connectivity index (χ0) is 24.7. The van der Waals surface area contributed by atoms with Crippen molar-refractivity contribution in [1.29, 1.82) is 0 Å². The molecule has 0 fully saturated rings. The molecule has 0 unspecified atom stereocenters. The van der Waals surface area contributed by atoms with Crippen LogP contribution in [0, 0.1) is 5.82 Å². The number of benzene rings is 2. The Hall–Kier alpha value is -4.54. The predicted molar refractivity (Wildman–Crippen MR) is 120 cm³/mol. The summed E-state index contributed by atoms with van der Waals surface area (Å²) in [4.78, 5) is 21.7. The van der Waals surface area contributed by atoms with Gasteiger partial charge < -0.3 is 5.32 Å². The highest BCUT2D eigenvalue weighted by Crippen LogP contribution is 2.38. The van der Waals surface area contributed by atoms with Crippen LogP contribution < -0.4 is 5.32 Å². The summed E-state index contributed by atoms with van der Waals surface area (Å²) in [5.74, 6) is -2.25. The third kappa shape index (κ3) is 4.23. The van der Waals surface area contributed by atoms with Crippen molar-refractivity contribution < 1.29 is 22.4 Å². The van der Waals surface area contributed by atoms with Crippen molar-refractivity contribution in [3.05, 3.63) is 90.4 Å². The highest BCUT2D eigenvalue weighted by Gasteiger charge is 2.36. The van der Waals surface area contributed by atoms with E-state index in [1.807, 2.05) is 6.07 Å². The number of nitrogens with zero attached hydrogens (tertiary/aromatic N) is 5. The quantitative estimate of drug-likeness (QED) is 0.359. The largest absolute Gasteiger partial charge is 0.417 e. The predicted octanol–water partition coefficient (Wildman–Crippen LogP) is 5.21. The smallest absolute Gasteiger partial charge is 0.319 e. The Morgan fingerprint density at radius 3 is 2.54 bits per heavy atom. The summed E-state index contributed by atoms with van der Waals surface area (Å²) in [6, 6.07) is 11.5. The lowest BCUT2D eigenvalue weighted by atomic mass is 9.99. The molecule has 5 aromatic rings. The summed E-state index contributed by atoms with van der Waals surface area (Å²) in [5.41, 5.74) is -0.431. The standard InChI is InChI=1S/C24H16F4N6O/c1-33-8-7-19(32-33)15-9-16(18(25)10-17(15)24(26,27)28)23(35)30-20-12-34-13-29-11-21(34)31-22(20)14-5-3-2-4-6-14/h2-13H,1H3,(H,30,35). The number of nitrogens with one attached hydrogen (secondary N) is 1. The molecule has 0 bridgehead atoms. The number of rotatable bonds is 4. The molecule has 0 aliphatic carbocycles. The minimum absolute atomic E-state index is 0.0413. The summed E-state index contributed by atoms with van der Waals surface area (Å²) >= 11 is 0. The summed E-state index contributed by atoms with van der Waals surface area (Å²) < 4.78 is 58.6. The van der Waals surface area contributed by atoms with Crippen molar-refractivity contribution in [2.45, 2.75) is 6.18 Å². The lowest BCUT2D eigenvalue weighted by Gasteiger charge is -2.15. The number of aryl methyl sites for hydroxylation is 1. The maximum atomic E-state index is 14.8. The van der Waals surface area contributed by atoms with Gasteiger partial charge in [0.1, 0.15) is 12.1 Å². The van der Waals surface area contributed by atoms with E-state index < -0.39 is 34.6 Å². The van der Waals surface area contributed by atoms with Crippen LogP contribution in [0.25, 0.3) is 28.2 Å². The average Bonchev–Trinajstić information content (AvgIpc) is 3.46. The second-order valence-electron chi connectivity index (χ2n) is 7.73. The fourth-order valence-electron chi connectivity index (χ4n) is 3.71. The number of amides is 1. The van der Waals surface area contributed by atoms with Crippen LogP contribution in [-0.2, 0) is 13.2 Å². The molecule has 0 atom stereocenters. The Morgan fingerprint density at radius 2 is 1.86 bits per heavy atom. The van der Waals surface area contributed by atoms with Crippen LogP contribution in [0.15, 0.2) is 73.4 Å². The number of hydrogen-bond donors (Lipinski definition) is 1. The van der Waals surface area contributed by atoms with E-state index >= 15 is 0 Å². The Morgan fingerprint density at radius 1 is 1.09 bits per heavy atom. The van der Waals surface area contributed by atoms with E-state index in [0.29, 0.717) is 23.0 Å². The van der Waals surface area contributed by atoms with Crippen molar-refractivity contribution >= 4 is 17.2 Å². The van der Waals surface area contributed by atoms with Gasteiger partial charge in [-0.25, -0.2) is 14.4 Å². The van der Waals surface area contributed by atoms with Crippen LogP contribution in [-0.4, -0.2) is 30.1 Å². The second kappa shape index (κ2) is 8.35. The van der Waals surface area contributed by atoms with Gasteiger partial charge in [0.25, 0.3) is 5.91 Å². The lowest BCUT2D eigenvalue weighted by Crippen LogP contribution is -2.17. The Balaban J connectivity index is 1.60. The summed E-state index contributed by atoms with van der Waals surface area (Å²) in [5, 5.41) is 6.59. The molecule has 0 radical (unpaired) electrons. The van der Waals surface area contributed by atoms with Crippen LogP contribution >= 0.6 is 0 Å². The number of carbonyl (C=O) groups is 1. The van der Waals surface area contributed by atoms with Crippen LogP contribution in [0.5, 0.6) is 0 Å². The number of alkyl halides is 3. The van der Waals surface area contributed by atoms with Gasteiger partial charge in [0, 0.05) is 30.6 Å². The topological polar surface area (TPSA) is 77.1 Å². The molecule has 0 saturated carbocycles. The molecule has 0 aliphatic heterocycles. The number of hydrogen-bond acceptors (Lipinski definition) is 4. The van der Waals surface area contributed by atoms with Crippen molar-refractivity contribution in [2.75, 3.05) is 5.32 Å². The number of aromatic nitrogens is 5. The first-order valence-corrected chi connectivity index (χ1v) is 10.3. The molecular formula is C24H16F4N6O. The van der Waals surface area contributed by atoms with Crippen LogP contribution in [0.2, 0.25) is 0 Å². The molecule has 1 amide bonds. The lowest BCUT2D eigenvalue weighted by molar-refractivity contribution is -0.137. The molecule has 2 aromatic carbocycles. The van der Waals surface area contributed by atoms with Gasteiger partial charge in [0.15, 0.2) is 5.65 Å². The molecule has 176 valence electrons. The van der Waals surface area contributed by atoms with Crippen LogP contribution in [0.1, 0.15) is 15.9 Å². The monoisotopic (exact) mass is 480 g/mol. The molecule has 0 spiro atoms. The number of carbonyl (C=O) groups excluding carboxylic acids is 1. The van der Waals surface area contributed by atoms with E-state index in [4.69, 9.17) is 0 Å². The number of anilines is 1. The third-order valence-electron chi connectivity index (χ3n) is 5.34. The van der Waals surface area contributed by atoms with Gasteiger partial charge in [0.05, 0.1) is 34.4 Å². The Bertz CT molecular complexity index is 1560. The average molecular weight is 480 g/mol. The van der Waals surface area contributed by atoms with E-state index in [0.717, 1.165) is 6.07 Å². The summed E-state index contributed by atoms with van der Waals surface area (Å²) in [6.07, 6.45) is 1.17. The van der Waals surface area contributed by atoms with Gasteiger partial charge in [-0.2, -0.15) is 18.3 Å². The minimum atomic E-state index is -4.85. The van der Waals surface area contributed by atoms with Crippen LogP contribution in [0.4, 0.5) is 23.2 Å². The molecule has 5 rings (SSSR count). The molecule has 0 aliphatic rings. The fraction of sp³-hybridized carbons (Fsp3) is 0.0833. The molecule has 7 nitrogen and oxygen atoms in total. The molecular weight excluding hydrogens is 464 g/mol. The normalized spacial score (nSPS) is 11.7. The van der Waals surface area contributed by atoms with Crippen molar-refractivity contribution in [1.82, 2.24) is 24.1 Å². The summed E-state index contributed by atoms with van der Waals surface area (Å²) in [7, 11) is 1.54. The van der Waals surface area contributed by atoms with Gasteiger partial charge in [0.2, 0.25) is 0 Å². The molecule has 11 heteroatoms. The number of imidazole rings is 1. The summed E-state index contributed by atoms with van der Waals surface area (Å²) in [6.45, 7) is 0. The molecule has 3 heterocycles. The van der Waals surface area contributed by atoms with Crippen molar-refractivity contribution in [3.63, 3.8) is 0 Å². The molecule has 1 N–H and O–H groups in total. The van der Waals surface area contributed by atoms with Gasteiger partial charge in [-0.05, 0) is 18.2 Å².